The lowest BCUT2D eigenvalue weighted by Gasteiger charge is -2.06. The molecular weight excluding hydrogens is 229 g/mol. The predicted octanol–water partition coefficient (Wildman–Crippen LogP) is 3.25. The Balaban J connectivity index is 2.53. The van der Waals surface area contributed by atoms with Gasteiger partial charge in [0.25, 0.3) is 0 Å². The average Bonchev–Trinajstić information content (AvgIpc) is 2.42. The van der Waals surface area contributed by atoms with E-state index in [4.69, 9.17) is 11.6 Å². The first-order valence-electron chi connectivity index (χ1n) is 4.15. The molecule has 0 aliphatic carbocycles. The van der Waals surface area contributed by atoms with Crippen molar-refractivity contribution in [2.75, 3.05) is 0 Å². The van der Waals surface area contributed by atoms with Gasteiger partial charge in [0.2, 0.25) is 0 Å². The minimum atomic E-state index is -4.29. The number of hydrogen-bond donors (Lipinski definition) is 0. The average molecular weight is 235 g/mol. The van der Waals surface area contributed by atoms with Crippen LogP contribution in [-0.2, 0) is 6.54 Å². The Morgan fingerprint density at radius 3 is 2.60 bits per heavy atom. The summed E-state index contributed by atoms with van der Waals surface area (Å²) in [6.07, 6.45) is -4.29. The molecule has 1 aromatic carbocycles. The third-order valence-corrected chi connectivity index (χ3v) is 2.22. The van der Waals surface area contributed by atoms with E-state index in [-0.39, 0.29) is 5.15 Å². The van der Waals surface area contributed by atoms with Gasteiger partial charge in [0, 0.05) is 5.39 Å². The lowest BCUT2D eigenvalue weighted by Crippen LogP contribution is -2.18. The van der Waals surface area contributed by atoms with E-state index in [1.54, 1.807) is 24.3 Å². The topological polar surface area (TPSA) is 17.8 Å². The van der Waals surface area contributed by atoms with Crippen molar-refractivity contribution in [3.05, 3.63) is 29.4 Å². The molecule has 2 aromatic rings. The van der Waals surface area contributed by atoms with Gasteiger partial charge in [-0.05, 0) is 12.1 Å². The number of nitrogens with zero attached hydrogens (tertiary/aromatic N) is 2. The fourth-order valence-electron chi connectivity index (χ4n) is 1.38. The number of alkyl halides is 3. The van der Waals surface area contributed by atoms with Crippen molar-refractivity contribution in [3.63, 3.8) is 0 Å². The monoisotopic (exact) mass is 234 g/mol. The zero-order valence-electron chi connectivity index (χ0n) is 7.42. The van der Waals surface area contributed by atoms with Crippen LogP contribution in [0.5, 0.6) is 0 Å². The number of hydrogen-bond acceptors (Lipinski definition) is 1. The molecule has 0 saturated carbocycles. The van der Waals surface area contributed by atoms with Gasteiger partial charge >= 0.3 is 6.18 Å². The first-order chi connectivity index (χ1) is 6.97. The Bertz CT molecular complexity index is 490. The van der Waals surface area contributed by atoms with Crippen LogP contribution < -0.4 is 0 Å². The van der Waals surface area contributed by atoms with Gasteiger partial charge in [-0.25, -0.2) is 0 Å². The summed E-state index contributed by atoms with van der Waals surface area (Å²) in [5.74, 6) is 0. The number of benzene rings is 1. The van der Waals surface area contributed by atoms with E-state index in [0.29, 0.717) is 10.9 Å². The minimum Gasteiger partial charge on any atom is -0.254 e. The van der Waals surface area contributed by atoms with Crippen molar-refractivity contribution in [2.45, 2.75) is 12.7 Å². The van der Waals surface area contributed by atoms with Crippen molar-refractivity contribution in [1.82, 2.24) is 9.78 Å². The molecule has 80 valence electrons. The number of para-hydroxylation sites is 1. The molecule has 0 saturated heterocycles. The van der Waals surface area contributed by atoms with Gasteiger partial charge in [0.15, 0.2) is 5.15 Å². The summed E-state index contributed by atoms with van der Waals surface area (Å²) in [5.41, 5.74) is 0.389. The predicted molar refractivity (Wildman–Crippen MR) is 50.8 cm³/mol. The highest BCUT2D eigenvalue weighted by atomic mass is 35.5. The summed E-state index contributed by atoms with van der Waals surface area (Å²) in [6, 6.07) is 6.54. The Morgan fingerprint density at radius 2 is 1.93 bits per heavy atom. The van der Waals surface area contributed by atoms with Crippen molar-refractivity contribution < 1.29 is 13.2 Å². The summed E-state index contributed by atoms with van der Waals surface area (Å²) in [6.45, 7) is -1.12. The first-order valence-corrected chi connectivity index (χ1v) is 4.53. The molecule has 0 atom stereocenters. The Hall–Kier alpha value is -1.23. The molecule has 0 radical (unpaired) electrons. The largest absolute Gasteiger partial charge is 0.408 e. The molecule has 0 unspecified atom stereocenters. The van der Waals surface area contributed by atoms with Gasteiger partial charge in [0.1, 0.15) is 6.54 Å². The molecule has 0 fully saturated rings. The zero-order valence-corrected chi connectivity index (χ0v) is 8.18. The van der Waals surface area contributed by atoms with Crippen LogP contribution in [0.1, 0.15) is 0 Å². The third-order valence-electron chi connectivity index (χ3n) is 1.94. The van der Waals surface area contributed by atoms with Gasteiger partial charge in [-0.15, -0.1) is 0 Å². The molecule has 0 bridgehead atoms. The number of rotatable bonds is 1. The van der Waals surface area contributed by atoms with E-state index in [1.807, 2.05) is 0 Å². The standard InChI is InChI=1S/C9H6ClF3N2/c10-8-6-3-1-2-4-7(6)15(14-8)5-9(11,12)13/h1-4H,5H2. The van der Waals surface area contributed by atoms with Crippen molar-refractivity contribution in [2.24, 2.45) is 0 Å². The van der Waals surface area contributed by atoms with Crippen LogP contribution in [0.3, 0.4) is 0 Å². The van der Waals surface area contributed by atoms with Crippen LogP contribution in [-0.4, -0.2) is 16.0 Å². The summed E-state index contributed by atoms with van der Waals surface area (Å²) in [5, 5.41) is 4.26. The van der Waals surface area contributed by atoms with Gasteiger partial charge in [-0.2, -0.15) is 18.3 Å². The highest BCUT2D eigenvalue weighted by Crippen LogP contribution is 2.25. The third kappa shape index (κ3) is 2.07. The molecule has 2 rings (SSSR count). The van der Waals surface area contributed by atoms with Gasteiger partial charge in [-0.1, -0.05) is 23.7 Å². The van der Waals surface area contributed by atoms with Crippen molar-refractivity contribution in [3.8, 4) is 0 Å². The second kappa shape index (κ2) is 3.41. The highest BCUT2D eigenvalue weighted by molar-refractivity contribution is 6.34. The van der Waals surface area contributed by atoms with E-state index >= 15 is 0 Å². The molecule has 1 aromatic heterocycles. The van der Waals surface area contributed by atoms with Crippen LogP contribution in [0, 0.1) is 0 Å². The molecule has 1 heterocycles. The van der Waals surface area contributed by atoms with E-state index in [2.05, 4.69) is 5.10 Å². The highest BCUT2D eigenvalue weighted by Gasteiger charge is 2.29. The Morgan fingerprint density at radius 1 is 1.27 bits per heavy atom. The van der Waals surface area contributed by atoms with E-state index in [9.17, 15) is 13.2 Å². The van der Waals surface area contributed by atoms with E-state index < -0.39 is 12.7 Å². The molecule has 15 heavy (non-hydrogen) atoms. The fraction of sp³-hybridized carbons (Fsp3) is 0.222. The van der Waals surface area contributed by atoms with Crippen LogP contribution in [0.4, 0.5) is 13.2 Å². The first kappa shape index (κ1) is 10.3. The second-order valence-corrected chi connectivity index (χ2v) is 3.44. The van der Waals surface area contributed by atoms with Gasteiger partial charge in [-0.3, -0.25) is 4.68 Å². The molecule has 0 N–H and O–H groups in total. The Labute approximate surface area is 88.3 Å². The van der Waals surface area contributed by atoms with Gasteiger partial charge < -0.3 is 0 Å². The quantitative estimate of drug-likeness (QED) is 0.741. The normalized spacial score (nSPS) is 12.3. The lowest BCUT2D eigenvalue weighted by molar-refractivity contribution is -0.141. The maximum atomic E-state index is 12.2. The maximum absolute atomic E-state index is 12.2. The smallest absolute Gasteiger partial charge is 0.254 e. The summed E-state index contributed by atoms with van der Waals surface area (Å²) >= 11 is 5.71. The maximum Gasteiger partial charge on any atom is 0.408 e. The minimum absolute atomic E-state index is 0.0925. The van der Waals surface area contributed by atoms with Crippen LogP contribution in [0.15, 0.2) is 24.3 Å². The number of aromatic nitrogens is 2. The van der Waals surface area contributed by atoms with E-state index in [1.165, 1.54) is 0 Å². The van der Waals surface area contributed by atoms with E-state index in [0.717, 1.165) is 4.68 Å². The second-order valence-electron chi connectivity index (χ2n) is 3.08. The number of fused-ring (bicyclic) bond motifs is 1. The molecule has 0 spiro atoms. The molecule has 0 aliphatic heterocycles. The lowest BCUT2D eigenvalue weighted by atomic mass is 10.2. The Kier molecular flexibility index (Phi) is 2.34. The van der Waals surface area contributed by atoms with Crippen LogP contribution in [0.25, 0.3) is 10.9 Å². The molecule has 2 nitrogen and oxygen atoms in total. The van der Waals surface area contributed by atoms with Crippen LogP contribution >= 0.6 is 11.6 Å². The summed E-state index contributed by atoms with van der Waals surface area (Å²) in [4.78, 5) is 0. The summed E-state index contributed by atoms with van der Waals surface area (Å²) in [7, 11) is 0. The van der Waals surface area contributed by atoms with Crippen molar-refractivity contribution >= 4 is 22.5 Å². The van der Waals surface area contributed by atoms with Crippen LogP contribution in [0.2, 0.25) is 5.15 Å². The summed E-state index contributed by atoms with van der Waals surface area (Å²) < 4.78 is 37.4. The van der Waals surface area contributed by atoms with Crippen molar-refractivity contribution in [1.29, 1.82) is 0 Å². The molecule has 6 heteroatoms. The fourth-order valence-corrected chi connectivity index (χ4v) is 1.63. The molecule has 0 amide bonds. The zero-order chi connectivity index (χ0) is 11.1. The SMILES string of the molecule is FC(F)(F)Cn1nc(Cl)c2ccccc21. The van der Waals surface area contributed by atoms with Gasteiger partial charge in [0.05, 0.1) is 5.52 Å². The molecular formula is C9H6ClF3N2. The number of halogens is 4. The molecule has 0 aliphatic rings.